The minimum Gasteiger partial charge on any atom is -0.299 e. The van der Waals surface area contributed by atoms with Crippen LogP contribution in [0, 0.1) is 11.3 Å². The summed E-state index contributed by atoms with van der Waals surface area (Å²) < 4.78 is 0. The van der Waals surface area contributed by atoms with E-state index in [2.05, 4.69) is 50.0 Å². The predicted molar refractivity (Wildman–Crippen MR) is 101 cm³/mol. The molecule has 0 spiro atoms. The Kier molecular flexibility index (Phi) is 4.64. The van der Waals surface area contributed by atoms with Gasteiger partial charge in [0.15, 0.2) is 0 Å². The summed E-state index contributed by atoms with van der Waals surface area (Å²) >= 11 is 0. The number of hydrogen-bond donors (Lipinski definition) is 0. The molecule has 0 saturated heterocycles. The minimum atomic E-state index is -1.54. The number of carbonyl (C=O) groups is 1. The van der Waals surface area contributed by atoms with Gasteiger partial charge in [-0.3, -0.25) is 4.79 Å². The van der Waals surface area contributed by atoms with Crippen LogP contribution < -0.4 is 5.19 Å². The summed E-state index contributed by atoms with van der Waals surface area (Å²) in [6.07, 6.45) is 7.94. The monoisotopic (exact) mass is 326 g/mol. The summed E-state index contributed by atoms with van der Waals surface area (Å²) in [6, 6.07) is 12.1. The maximum absolute atomic E-state index is 12.5. The zero-order chi connectivity index (χ0) is 16.5. The SMILES string of the molecule is C=C(C[Si](C)(C)c1ccccc1)C1(C2CCCC2=O)CCCC1. The van der Waals surface area contributed by atoms with Crippen molar-refractivity contribution in [1.82, 2.24) is 0 Å². The van der Waals surface area contributed by atoms with Crippen LogP contribution in [0.2, 0.25) is 19.1 Å². The van der Waals surface area contributed by atoms with Crippen LogP contribution >= 0.6 is 0 Å². The molecule has 3 rings (SSSR count). The van der Waals surface area contributed by atoms with Crippen molar-refractivity contribution in [1.29, 1.82) is 0 Å². The summed E-state index contributed by atoms with van der Waals surface area (Å²) in [6.45, 7) is 9.48. The topological polar surface area (TPSA) is 17.1 Å². The van der Waals surface area contributed by atoms with Crippen molar-refractivity contribution in [2.24, 2.45) is 11.3 Å². The number of benzene rings is 1. The van der Waals surface area contributed by atoms with Gasteiger partial charge in [0, 0.05) is 17.8 Å². The molecule has 0 heterocycles. The van der Waals surface area contributed by atoms with Gasteiger partial charge in [-0.05, 0) is 31.7 Å². The fraction of sp³-hybridized carbons (Fsp3) is 0.571. The molecule has 2 fully saturated rings. The first-order chi connectivity index (χ1) is 11.0. The highest BCUT2D eigenvalue weighted by molar-refractivity contribution is 6.90. The minimum absolute atomic E-state index is 0.132. The van der Waals surface area contributed by atoms with Crippen molar-refractivity contribution < 1.29 is 4.79 Å². The second-order valence-electron chi connectivity index (χ2n) is 8.30. The highest BCUT2D eigenvalue weighted by Crippen LogP contribution is 2.54. The van der Waals surface area contributed by atoms with Gasteiger partial charge in [-0.15, -0.1) is 0 Å². The van der Waals surface area contributed by atoms with Crippen LogP contribution in [-0.4, -0.2) is 13.9 Å². The first kappa shape index (κ1) is 16.7. The van der Waals surface area contributed by atoms with E-state index in [1.807, 2.05) is 0 Å². The number of hydrogen-bond acceptors (Lipinski definition) is 1. The van der Waals surface area contributed by atoms with Crippen LogP contribution in [0.3, 0.4) is 0 Å². The Labute approximate surface area is 142 Å². The van der Waals surface area contributed by atoms with E-state index in [-0.39, 0.29) is 11.3 Å². The molecule has 1 atom stereocenters. The highest BCUT2D eigenvalue weighted by atomic mass is 28.3. The molecule has 0 aromatic heterocycles. The fourth-order valence-electron chi connectivity index (χ4n) is 5.06. The Hall–Kier alpha value is -1.15. The molecule has 1 aromatic rings. The van der Waals surface area contributed by atoms with Gasteiger partial charge in [0.1, 0.15) is 5.78 Å². The fourth-order valence-corrected chi connectivity index (χ4v) is 7.77. The smallest absolute Gasteiger partial charge is 0.136 e. The molecule has 2 aliphatic rings. The molecular weight excluding hydrogens is 296 g/mol. The molecule has 1 nitrogen and oxygen atoms in total. The summed E-state index contributed by atoms with van der Waals surface area (Å²) in [5, 5.41) is 1.51. The van der Waals surface area contributed by atoms with E-state index in [4.69, 9.17) is 0 Å². The number of Topliss-reactive ketones (excluding diaryl/α,β-unsaturated/α-hetero) is 1. The molecule has 2 saturated carbocycles. The Morgan fingerprint density at radius 1 is 1.17 bits per heavy atom. The van der Waals surface area contributed by atoms with Crippen LogP contribution in [-0.2, 0) is 4.79 Å². The Morgan fingerprint density at radius 2 is 1.83 bits per heavy atom. The molecule has 0 amide bonds. The molecule has 2 heteroatoms. The summed E-state index contributed by atoms with van der Waals surface area (Å²) in [5.41, 5.74) is 1.53. The van der Waals surface area contributed by atoms with Crippen LogP contribution in [0.15, 0.2) is 42.5 Å². The van der Waals surface area contributed by atoms with E-state index < -0.39 is 8.07 Å². The van der Waals surface area contributed by atoms with E-state index in [1.54, 1.807) is 0 Å². The van der Waals surface area contributed by atoms with Crippen molar-refractivity contribution in [3.05, 3.63) is 42.5 Å². The molecule has 1 aromatic carbocycles. The Balaban J connectivity index is 1.84. The maximum atomic E-state index is 12.5. The largest absolute Gasteiger partial charge is 0.299 e. The van der Waals surface area contributed by atoms with E-state index in [9.17, 15) is 4.79 Å². The lowest BCUT2D eigenvalue weighted by Gasteiger charge is -2.39. The zero-order valence-electron chi connectivity index (χ0n) is 14.7. The zero-order valence-corrected chi connectivity index (χ0v) is 15.7. The first-order valence-corrected chi connectivity index (χ1v) is 12.4. The van der Waals surface area contributed by atoms with E-state index >= 15 is 0 Å². The molecule has 0 N–H and O–H groups in total. The van der Waals surface area contributed by atoms with Crippen molar-refractivity contribution in [3.63, 3.8) is 0 Å². The molecule has 0 radical (unpaired) electrons. The third-order valence-corrected chi connectivity index (χ3v) is 9.59. The van der Waals surface area contributed by atoms with Gasteiger partial charge in [0.2, 0.25) is 0 Å². The van der Waals surface area contributed by atoms with Gasteiger partial charge >= 0.3 is 0 Å². The van der Waals surface area contributed by atoms with E-state index in [1.165, 1.54) is 36.4 Å². The molecule has 1 unspecified atom stereocenters. The highest BCUT2D eigenvalue weighted by Gasteiger charge is 2.48. The van der Waals surface area contributed by atoms with Gasteiger partial charge in [-0.1, -0.05) is 73.6 Å². The van der Waals surface area contributed by atoms with E-state index in [0.29, 0.717) is 5.78 Å². The number of carbonyl (C=O) groups excluding carboxylic acids is 1. The quantitative estimate of drug-likeness (QED) is 0.544. The number of ketones is 1. The normalized spacial score (nSPS) is 24.1. The second kappa shape index (κ2) is 6.39. The van der Waals surface area contributed by atoms with Gasteiger partial charge in [-0.25, -0.2) is 0 Å². The lowest BCUT2D eigenvalue weighted by Crippen LogP contribution is -2.44. The lowest BCUT2D eigenvalue weighted by atomic mass is 9.68. The average molecular weight is 327 g/mol. The lowest BCUT2D eigenvalue weighted by molar-refractivity contribution is -0.123. The molecule has 0 bridgehead atoms. The first-order valence-electron chi connectivity index (χ1n) is 9.22. The summed E-state index contributed by atoms with van der Waals surface area (Å²) in [4.78, 5) is 12.5. The molecule has 124 valence electrons. The summed E-state index contributed by atoms with van der Waals surface area (Å²) in [7, 11) is -1.54. The second-order valence-corrected chi connectivity index (χ2v) is 13.0. The summed E-state index contributed by atoms with van der Waals surface area (Å²) in [5.74, 6) is 0.797. The third-order valence-electron chi connectivity index (χ3n) is 6.38. The Morgan fingerprint density at radius 3 is 2.39 bits per heavy atom. The third kappa shape index (κ3) is 3.10. The molecule has 0 aliphatic heterocycles. The molecular formula is C21H30OSi. The van der Waals surface area contributed by atoms with Gasteiger partial charge in [0.05, 0.1) is 8.07 Å². The maximum Gasteiger partial charge on any atom is 0.136 e. The molecule has 23 heavy (non-hydrogen) atoms. The van der Waals surface area contributed by atoms with Gasteiger partial charge < -0.3 is 0 Å². The Bertz CT molecular complexity index is 581. The standard InChI is InChI=1S/C21H30OSi/c1-17(16-23(2,3)18-10-5-4-6-11-18)21(14-7-8-15-21)19-12-9-13-20(19)22/h4-6,10-11,19H,1,7-9,12-16H2,2-3H3. The van der Waals surface area contributed by atoms with Crippen molar-refractivity contribution in [2.45, 2.75) is 64.1 Å². The van der Waals surface area contributed by atoms with E-state index in [0.717, 1.165) is 25.3 Å². The van der Waals surface area contributed by atoms with Crippen molar-refractivity contribution in [2.75, 3.05) is 0 Å². The number of allylic oxidation sites excluding steroid dienone is 1. The number of rotatable bonds is 5. The van der Waals surface area contributed by atoms with Crippen molar-refractivity contribution >= 4 is 19.0 Å². The van der Waals surface area contributed by atoms with Crippen LogP contribution in [0.5, 0.6) is 0 Å². The van der Waals surface area contributed by atoms with Crippen LogP contribution in [0.25, 0.3) is 0 Å². The average Bonchev–Trinajstić information content (AvgIpc) is 3.17. The van der Waals surface area contributed by atoms with Gasteiger partial charge in [-0.2, -0.15) is 0 Å². The van der Waals surface area contributed by atoms with Crippen LogP contribution in [0.1, 0.15) is 44.9 Å². The van der Waals surface area contributed by atoms with Crippen LogP contribution in [0.4, 0.5) is 0 Å². The van der Waals surface area contributed by atoms with Crippen molar-refractivity contribution in [3.8, 4) is 0 Å². The molecule has 2 aliphatic carbocycles. The predicted octanol–water partition coefficient (Wildman–Crippen LogP) is 5.09. The van der Waals surface area contributed by atoms with Gasteiger partial charge in [0.25, 0.3) is 0 Å².